The zero-order chi connectivity index (χ0) is 23.3. The fourth-order valence-corrected chi connectivity index (χ4v) is 4.85. The van der Waals surface area contributed by atoms with Gasteiger partial charge in [-0.15, -0.1) is 14.5 Å². The summed E-state index contributed by atoms with van der Waals surface area (Å²) in [6.45, 7) is 5.72. The number of hydroxylamine groups is 2. The standard InChI is InChI=1S/C19H28N4O8S/c1-18(2,3)30-15(24)7-5-4-6-14-20-21-16(29-14)12-10-19(8-9-19)13-11-22(12)17(25)23(13)31-32(26,27)28/h12-13H,4-11H2,1-3H3,(H,26,27,28)/t12-,13-/m0/s1. The highest BCUT2D eigenvalue weighted by molar-refractivity contribution is 7.80. The topological polar surface area (TPSA) is 152 Å². The molecule has 3 heterocycles. The number of ether oxygens (including phenoxy) is 1. The van der Waals surface area contributed by atoms with Crippen LogP contribution in [0.15, 0.2) is 4.42 Å². The minimum absolute atomic E-state index is 0.251. The molecule has 1 aromatic heterocycles. The minimum Gasteiger partial charge on any atom is -0.460 e. The number of aromatic nitrogens is 2. The highest BCUT2D eigenvalue weighted by atomic mass is 32.3. The highest BCUT2D eigenvalue weighted by Crippen LogP contribution is 2.61. The van der Waals surface area contributed by atoms with Gasteiger partial charge < -0.3 is 14.1 Å². The Labute approximate surface area is 186 Å². The number of urea groups is 1. The van der Waals surface area contributed by atoms with Crippen LogP contribution in [-0.2, 0) is 30.6 Å². The Bertz CT molecular complexity index is 997. The van der Waals surface area contributed by atoms with Gasteiger partial charge in [0.15, 0.2) is 0 Å². The molecule has 4 rings (SSSR count). The maximum Gasteiger partial charge on any atom is 0.418 e. The first-order chi connectivity index (χ1) is 14.9. The van der Waals surface area contributed by atoms with Crippen molar-refractivity contribution in [1.29, 1.82) is 0 Å². The lowest BCUT2D eigenvalue weighted by Crippen LogP contribution is -2.43. The summed E-state index contributed by atoms with van der Waals surface area (Å²) in [4.78, 5) is 26.0. The lowest BCUT2D eigenvalue weighted by molar-refractivity contribution is -0.154. The van der Waals surface area contributed by atoms with Gasteiger partial charge in [-0.3, -0.25) is 9.35 Å². The number of hydrogen-bond donors (Lipinski definition) is 1. The normalized spacial score (nSPS) is 24.3. The van der Waals surface area contributed by atoms with Crippen LogP contribution in [0.1, 0.15) is 77.1 Å². The molecule has 2 amide bonds. The van der Waals surface area contributed by atoms with Crippen molar-refractivity contribution in [2.24, 2.45) is 5.41 Å². The number of amides is 2. The van der Waals surface area contributed by atoms with Crippen molar-refractivity contribution in [2.75, 3.05) is 6.54 Å². The summed E-state index contributed by atoms with van der Waals surface area (Å²) < 4.78 is 47.1. The first-order valence-corrected chi connectivity index (χ1v) is 12.0. The van der Waals surface area contributed by atoms with Crippen LogP contribution in [0, 0.1) is 5.41 Å². The molecule has 12 nitrogen and oxygen atoms in total. The van der Waals surface area contributed by atoms with Gasteiger partial charge in [0.05, 0.1) is 6.04 Å². The fourth-order valence-electron chi connectivity index (χ4n) is 4.48. The second-order valence-electron chi connectivity index (χ2n) is 9.69. The smallest absolute Gasteiger partial charge is 0.418 e. The van der Waals surface area contributed by atoms with E-state index < -0.39 is 34.1 Å². The summed E-state index contributed by atoms with van der Waals surface area (Å²) in [6.07, 6.45) is 4.25. The predicted octanol–water partition coefficient (Wildman–Crippen LogP) is 2.19. The number of fused-ring (bicyclic) bond motifs is 3. The molecule has 0 unspecified atom stereocenters. The molecule has 1 aromatic rings. The van der Waals surface area contributed by atoms with Gasteiger partial charge in [-0.2, -0.15) is 13.5 Å². The number of hydrogen-bond acceptors (Lipinski definition) is 9. The first-order valence-electron chi connectivity index (χ1n) is 10.7. The van der Waals surface area contributed by atoms with Crippen LogP contribution in [0.3, 0.4) is 0 Å². The number of unbranched alkanes of at least 4 members (excludes halogenated alkanes) is 1. The van der Waals surface area contributed by atoms with Crippen molar-refractivity contribution in [2.45, 2.75) is 83.4 Å². The zero-order valence-corrected chi connectivity index (χ0v) is 19.1. The molecule has 2 atom stereocenters. The van der Waals surface area contributed by atoms with E-state index in [1.54, 1.807) is 0 Å². The molecule has 2 aliphatic heterocycles. The van der Waals surface area contributed by atoms with E-state index in [-0.39, 0.29) is 17.9 Å². The summed E-state index contributed by atoms with van der Waals surface area (Å²) in [5.74, 6) is 0.451. The molecular weight excluding hydrogens is 444 g/mol. The Morgan fingerprint density at radius 3 is 2.62 bits per heavy atom. The fraction of sp³-hybridized carbons (Fsp3) is 0.789. The van der Waals surface area contributed by atoms with Gasteiger partial charge in [-0.1, -0.05) is 0 Å². The van der Waals surface area contributed by atoms with E-state index in [4.69, 9.17) is 13.7 Å². The summed E-state index contributed by atoms with van der Waals surface area (Å²) in [7, 11) is -4.81. The number of aryl methyl sites for hydroxylation is 1. The lowest BCUT2D eigenvalue weighted by atomic mass is 9.85. The highest BCUT2D eigenvalue weighted by Gasteiger charge is 2.64. The second kappa shape index (κ2) is 7.96. The predicted molar refractivity (Wildman–Crippen MR) is 107 cm³/mol. The number of carbonyl (C=O) groups is 2. The van der Waals surface area contributed by atoms with E-state index >= 15 is 0 Å². The van der Waals surface area contributed by atoms with E-state index in [1.807, 2.05) is 20.8 Å². The van der Waals surface area contributed by atoms with Gasteiger partial charge in [-0.25, -0.2) is 4.79 Å². The van der Waals surface area contributed by atoms with Crippen LogP contribution in [0.4, 0.5) is 4.79 Å². The molecule has 178 valence electrons. The van der Waals surface area contributed by atoms with Gasteiger partial charge >= 0.3 is 22.4 Å². The van der Waals surface area contributed by atoms with Gasteiger partial charge in [-0.05, 0) is 58.3 Å². The van der Waals surface area contributed by atoms with Gasteiger partial charge in [0.25, 0.3) is 0 Å². The number of rotatable bonds is 8. The molecule has 1 N–H and O–H groups in total. The van der Waals surface area contributed by atoms with E-state index in [1.165, 1.54) is 4.90 Å². The third kappa shape index (κ3) is 4.89. The monoisotopic (exact) mass is 472 g/mol. The number of nitrogens with zero attached hydrogens (tertiary/aromatic N) is 4. The SMILES string of the molecule is CC(C)(C)OC(=O)CCCCc1nnc([C@@H]2CC3(CC3)[C@@H]3CN2C(=O)N3OS(=O)(=O)O)o1. The molecule has 13 heteroatoms. The van der Waals surface area contributed by atoms with Crippen molar-refractivity contribution in [3.8, 4) is 0 Å². The number of carbonyl (C=O) groups excluding carboxylic acids is 2. The van der Waals surface area contributed by atoms with Crippen LogP contribution < -0.4 is 0 Å². The van der Waals surface area contributed by atoms with Crippen molar-refractivity contribution < 1.29 is 36.0 Å². The molecule has 1 aliphatic carbocycles. The van der Waals surface area contributed by atoms with Gasteiger partial charge in [0.1, 0.15) is 11.6 Å². The Kier molecular flexibility index (Phi) is 5.70. The third-order valence-electron chi connectivity index (χ3n) is 6.05. The van der Waals surface area contributed by atoms with Crippen LogP contribution in [0.5, 0.6) is 0 Å². The minimum atomic E-state index is -4.81. The van der Waals surface area contributed by atoms with Crippen LogP contribution in [-0.4, -0.2) is 63.3 Å². The Hall–Kier alpha value is -2.25. The number of esters is 1. The van der Waals surface area contributed by atoms with E-state index in [0.717, 1.165) is 17.9 Å². The molecule has 0 aromatic carbocycles. The molecule has 0 radical (unpaired) electrons. The van der Waals surface area contributed by atoms with Crippen molar-refractivity contribution >= 4 is 22.4 Å². The molecular formula is C19H28N4O8S. The summed E-state index contributed by atoms with van der Waals surface area (Å²) in [6, 6.07) is -1.60. The quantitative estimate of drug-likeness (QED) is 0.338. The van der Waals surface area contributed by atoms with E-state index in [0.29, 0.717) is 43.9 Å². The maximum absolute atomic E-state index is 12.8. The van der Waals surface area contributed by atoms with Gasteiger partial charge in [0.2, 0.25) is 11.8 Å². The summed E-state index contributed by atoms with van der Waals surface area (Å²) in [5, 5.41) is 8.95. The average Bonchev–Trinajstić information content (AvgIpc) is 3.16. The molecule has 2 saturated heterocycles. The molecule has 1 spiro atoms. The Balaban J connectivity index is 1.36. The van der Waals surface area contributed by atoms with Crippen LogP contribution >= 0.6 is 0 Å². The molecule has 1 saturated carbocycles. The Morgan fingerprint density at radius 2 is 2.00 bits per heavy atom. The molecule has 32 heavy (non-hydrogen) atoms. The second-order valence-corrected chi connectivity index (χ2v) is 10.7. The zero-order valence-electron chi connectivity index (χ0n) is 18.3. The first kappa shape index (κ1) is 22.9. The molecule has 2 bridgehead atoms. The summed E-state index contributed by atoms with van der Waals surface area (Å²) in [5.41, 5.74) is -0.800. The van der Waals surface area contributed by atoms with E-state index in [2.05, 4.69) is 14.5 Å². The molecule has 3 fully saturated rings. The summed E-state index contributed by atoms with van der Waals surface area (Å²) >= 11 is 0. The lowest BCUT2D eigenvalue weighted by Gasteiger charge is -2.34. The van der Waals surface area contributed by atoms with Crippen LogP contribution in [0.2, 0.25) is 0 Å². The van der Waals surface area contributed by atoms with Crippen molar-refractivity contribution in [1.82, 2.24) is 20.2 Å². The largest absolute Gasteiger partial charge is 0.460 e. The van der Waals surface area contributed by atoms with Crippen molar-refractivity contribution in [3.05, 3.63) is 11.8 Å². The third-order valence-corrected chi connectivity index (χ3v) is 6.39. The average molecular weight is 473 g/mol. The maximum atomic E-state index is 12.8. The molecule has 3 aliphatic rings. The Morgan fingerprint density at radius 1 is 1.28 bits per heavy atom. The van der Waals surface area contributed by atoms with Crippen LogP contribution in [0.25, 0.3) is 0 Å². The van der Waals surface area contributed by atoms with Gasteiger partial charge in [0, 0.05) is 19.4 Å². The van der Waals surface area contributed by atoms with E-state index in [9.17, 15) is 18.0 Å². The van der Waals surface area contributed by atoms with Crippen molar-refractivity contribution in [3.63, 3.8) is 0 Å². The number of piperidine rings is 1.